The highest BCUT2D eigenvalue weighted by Gasteiger charge is 2.06. The normalized spacial score (nSPS) is 10.6. The van der Waals surface area contributed by atoms with Crippen molar-refractivity contribution < 1.29 is 9.47 Å². The number of methoxy groups -OCH3 is 2. The first-order chi connectivity index (χ1) is 7.74. The average molecular weight is 223 g/mol. The Bertz CT molecular complexity index is 322. The summed E-state index contributed by atoms with van der Waals surface area (Å²) in [7, 11) is 3.32. The Balaban J connectivity index is 2.82. The van der Waals surface area contributed by atoms with E-state index in [4.69, 9.17) is 9.47 Å². The van der Waals surface area contributed by atoms with Crippen LogP contribution in [0.15, 0.2) is 18.2 Å². The number of benzene rings is 1. The molecule has 0 saturated carbocycles. The monoisotopic (exact) mass is 223 g/mol. The molecular formula is C13H21NO2. The molecule has 1 aromatic carbocycles. The molecule has 0 N–H and O–H groups in total. The van der Waals surface area contributed by atoms with E-state index in [9.17, 15) is 0 Å². The van der Waals surface area contributed by atoms with Gasteiger partial charge in [-0.15, -0.1) is 0 Å². The molecule has 0 bridgehead atoms. The first-order valence-electron chi connectivity index (χ1n) is 5.68. The van der Waals surface area contributed by atoms with Crippen molar-refractivity contribution in [1.82, 2.24) is 4.90 Å². The molecule has 0 atom stereocenters. The van der Waals surface area contributed by atoms with Gasteiger partial charge < -0.3 is 9.47 Å². The molecule has 0 heterocycles. The van der Waals surface area contributed by atoms with Crippen molar-refractivity contribution in [3.05, 3.63) is 23.8 Å². The molecule has 3 heteroatoms. The summed E-state index contributed by atoms with van der Waals surface area (Å²) in [6.45, 7) is 7.41. The van der Waals surface area contributed by atoms with E-state index in [2.05, 4.69) is 24.8 Å². The summed E-state index contributed by atoms with van der Waals surface area (Å²) >= 11 is 0. The maximum atomic E-state index is 5.28. The Morgan fingerprint density at radius 2 is 1.62 bits per heavy atom. The van der Waals surface area contributed by atoms with Gasteiger partial charge in [-0.05, 0) is 30.8 Å². The lowest BCUT2D eigenvalue weighted by Crippen LogP contribution is -2.22. The van der Waals surface area contributed by atoms with Crippen LogP contribution in [0.25, 0.3) is 0 Å². The maximum Gasteiger partial charge on any atom is 0.161 e. The maximum absolute atomic E-state index is 5.28. The SMILES string of the molecule is CCN(CC)Cc1ccc(OC)c(OC)c1. The Labute approximate surface area is 98.0 Å². The van der Waals surface area contributed by atoms with Crippen LogP contribution in [0, 0.1) is 0 Å². The van der Waals surface area contributed by atoms with Gasteiger partial charge in [0, 0.05) is 6.54 Å². The standard InChI is InChI=1S/C13H21NO2/c1-5-14(6-2)10-11-7-8-12(15-3)13(9-11)16-4/h7-9H,5-6,10H2,1-4H3. The van der Waals surface area contributed by atoms with Crippen LogP contribution in [0.2, 0.25) is 0 Å². The van der Waals surface area contributed by atoms with Gasteiger partial charge in [0.05, 0.1) is 14.2 Å². The average Bonchev–Trinajstić information content (AvgIpc) is 2.35. The van der Waals surface area contributed by atoms with Gasteiger partial charge in [0.1, 0.15) is 0 Å². The van der Waals surface area contributed by atoms with Crippen molar-refractivity contribution in [3.63, 3.8) is 0 Å². The third-order valence-corrected chi connectivity index (χ3v) is 2.75. The van der Waals surface area contributed by atoms with E-state index in [0.29, 0.717) is 0 Å². The predicted octanol–water partition coefficient (Wildman–Crippen LogP) is 2.55. The fourth-order valence-electron chi connectivity index (χ4n) is 1.68. The van der Waals surface area contributed by atoms with Crippen LogP contribution < -0.4 is 9.47 Å². The van der Waals surface area contributed by atoms with Crippen LogP contribution in [0.3, 0.4) is 0 Å². The van der Waals surface area contributed by atoms with Crippen molar-refractivity contribution in [3.8, 4) is 11.5 Å². The first kappa shape index (κ1) is 12.8. The van der Waals surface area contributed by atoms with E-state index in [1.807, 2.05) is 12.1 Å². The minimum atomic E-state index is 0.783. The van der Waals surface area contributed by atoms with E-state index in [1.165, 1.54) is 5.56 Å². The molecular weight excluding hydrogens is 202 g/mol. The minimum Gasteiger partial charge on any atom is -0.493 e. The van der Waals surface area contributed by atoms with Gasteiger partial charge in [-0.2, -0.15) is 0 Å². The molecule has 0 aliphatic carbocycles. The molecule has 1 aromatic rings. The van der Waals surface area contributed by atoms with Crippen LogP contribution >= 0.6 is 0 Å². The van der Waals surface area contributed by atoms with Crippen LogP contribution in [-0.2, 0) is 6.54 Å². The zero-order chi connectivity index (χ0) is 12.0. The van der Waals surface area contributed by atoms with Crippen LogP contribution in [0.1, 0.15) is 19.4 Å². The number of rotatable bonds is 6. The fourth-order valence-corrected chi connectivity index (χ4v) is 1.68. The van der Waals surface area contributed by atoms with Gasteiger partial charge >= 0.3 is 0 Å². The van der Waals surface area contributed by atoms with Crippen LogP contribution in [-0.4, -0.2) is 32.2 Å². The van der Waals surface area contributed by atoms with Gasteiger partial charge in [0.2, 0.25) is 0 Å². The fraction of sp³-hybridized carbons (Fsp3) is 0.538. The second-order valence-electron chi connectivity index (χ2n) is 3.65. The number of hydrogen-bond acceptors (Lipinski definition) is 3. The molecule has 16 heavy (non-hydrogen) atoms. The largest absolute Gasteiger partial charge is 0.493 e. The number of hydrogen-bond donors (Lipinski definition) is 0. The van der Waals surface area contributed by atoms with E-state index < -0.39 is 0 Å². The molecule has 0 radical (unpaired) electrons. The van der Waals surface area contributed by atoms with Gasteiger partial charge in [-0.3, -0.25) is 4.90 Å². The second kappa shape index (κ2) is 6.38. The van der Waals surface area contributed by atoms with Crippen molar-refractivity contribution in [1.29, 1.82) is 0 Å². The lowest BCUT2D eigenvalue weighted by molar-refractivity contribution is 0.294. The molecule has 0 aliphatic rings. The van der Waals surface area contributed by atoms with E-state index >= 15 is 0 Å². The molecule has 0 aliphatic heterocycles. The lowest BCUT2D eigenvalue weighted by atomic mass is 10.2. The van der Waals surface area contributed by atoms with Gasteiger partial charge in [-0.1, -0.05) is 19.9 Å². The second-order valence-corrected chi connectivity index (χ2v) is 3.65. The third kappa shape index (κ3) is 3.14. The Morgan fingerprint density at radius 3 is 2.12 bits per heavy atom. The summed E-state index contributed by atoms with van der Waals surface area (Å²) in [6, 6.07) is 6.08. The van der Waals surface area contributed by atoms with E-state index in [0.717, 1.165) is 31.1 Å². The summed E-state index contributed by atoms with van der Waals surface area (Å²) in [4.78, 5) is 2.36. The van der Waals surface area contributed by atoms with Crippen LogP contribution in [0.5, 0.6) is 11.5 Å². The smallest absolute Gasteiger partial charge is 0.161 e. The summed E-state index contributed by atoms with van der Waals surface area (Å²) < 4.78 is 10.5. The molecule has 0 saturated heterocycles. The minimum absolute atomic E-state index is 0.783. The lowest BCUT2D eigenvalue weighted by Gasteiger charge is -2.18. The predicted molar refractivity (Wildman–Crippen MR) is 66.2 cm³/mol. The highest BCUT2D eigenvalue weighted by molar-refractivity contribution is 5.42. The summed E-state index contributed by atoms with van der Waals surface area (Å²) in [5.74, 6) is 1.58. The van der Waals surface area contributed by atoms with Gasteiger partial charge in [-0.25, -0.2) is 0 Å². The number of ether oxygens (including phenoxy) is 2. The van der Waals surface area contributed by atoms with Crippen LogP contribution in [0.4, 0.5) is 0 Å². The zero-order valence-electron chi connectivity index (χ0n) is 10.6. The molecule has 1 rings (SSSR count). The van der Waals surface area contributed by atoms with E-state index in [1.54, 1.807) is 14.2 Å². The third-order valence-electron chi connectivity index (χ3n) is 2.75. The Kier molecular flexibility index (Phi) is 5.12. The quantitative estimate of drug-likeness (QED) is 0.739. The molecule has 0 amide bonds. The molecule has 0 unspecified atom stereocenters. The topological polar surface area (TPSA) is 21.7 Å². The zero-order valence-corrected chi connectivity index (χ0v) is 10.6. The van der Waals surface area contributed by atoms with Crippen molar-refractivity contribution in [2.24, 2.45) is 0 Å². The summed E-state index contributed by atoms with van der Waals surface area (Å²) in [5.41, 5.74) is 1.25. The highest BCUT2D eigenvalue weighted by Crippen LogP contribution is 2.27. The molecule has 90 valence electrons. The van der Waals surface area contributed by atoms with Gasteiger partial charge in [0.15, 0.2) is 11.5 Å². The van der Waals surface area contributed by atoms with Crippen molar-refractivity contribution in [2.45, 2.75) is 20.4 Å². The van der Waals surface area contributed by atoms with Crippen molar-refractivity contribution in [2.75, 3.05) is 27.3 Å². The summed E-state index contributed by atoms with van der Waals surface area (Å²) in [5, 5.41) is 0. The number of nitrogens with zero attached hydrogens (tertiary/aromatic N) is 1. The molecule has 0 fully saturated rings. The summed E-state index contributed by atoms with van der Waals surface area (Å²) in [6.07, 6.45) is 0. The molecule has 0 aromatic heterocycles. The van der Waals surface area contributed by atoms with Gasteiger partial charge in [0.25, 0.3) is 0 Å². The first-order valence-corrected chi connectivity index (χ1v) is 5.68. The Hall–Kier alpha value is -1.22. The highest BCUT2D eigenvalue weighted by atomic mass is 16.5. The van der Waals surface area contributed by atoms with E-state index in [-0.39, 0.29) is 0 Å². The Morgan fingerprint density at radius 1 is 1.00 bits per heavy atom. The molecule has 3 nitrogen and oxygen atoms in total. The van der Waals surface area contributed by atoms with Crippen molar-refractivity contribution >= 4 is 0 Å². The molecule has 0 spiro atoms.